The number of aromatic nitrogens is 2. The summed E-state index contributed by atoms with van der Waals surface area (Å²) < 4.78 is 1.47. The minimum atomic E-state index is -0.320. The van der Waals surface area contributed by atoms with Gasteiger partial charge in [0.15, 0.2) is 0 Å². The first-order valence-electron chi connectivity index (χ1n) is 6.58. The molecule has 8 heteroatoms. The van der Waals surface area contributed by atoms with Gasteiger partial charge in [0.1, 0.15) is 0 Å². The molecule has 0 saturated carbocycles. The normalized spacial score (nSPS) is 10.7. The van der Waals surface area contributed by atoms with Crippen molar-refractivity contribution in [1.82, 2.24) is 14.7 Å². The van der Waals surface area contributed by atoms with Crippen LogP contribution in [0.15, 0.2) is 30.6 Å². The number of carbonyl (C=O) groups is 1. The number of aliphatic hydroxyl groups excluding tert-OH is 2. The van der Waals surface area contributed by atoms with E-state index >= 15 is 0 Å². The lowest BCUT2D eigenvalue weighted by Crippen LogP contribution is -2.35. The summed E-state index contributed by atoms with van der Waals surface area (Å²) in [6.45, 7) is -0.0652. The molecule has 2 N–H and O–H groups in total. The van der Waals surface area contributed by atoms with E-state index in [9.17, 15) is 4.79 Å². The number of nitrogens with zero attached hydrogens (tertiary/aromatic N) is 3. The summed E-state index contributed by atoms with van der Waals surface area (Å²) in [6.07, 6.45) is 2.95. The zero-order valence-corrected chi connectivity index (χ0v) is 13.1. The molecule has 0 fully saturated rings. The van der Waals surface area contributed by atoms with Crippen LogP contribution in [0.4, 0.5) is 0 Å². The van der Waals surface area contributed by atoms with Gasteiger partial charge in [-0.1, -0.05) is 23.2 Å². The van der Waals surface area contributed by atoms with E-state index in [0.29, 0.717) is 21.3 Å². The molecule has 1 heterocycles. The monoisotopic (exact) mass is 343 g/mol. The summed E-state index contributed by atoms with van der Waals surface area (Å²) in [4.78, 5) is 13.7. The molecule has 118 valence electrons. The first-order chi connectivity index (χ1) is 10.6. The number of carbonyl (C=O) groups excluding carboxylic acids is 1. The quantitative estimate of drug-likeness (QED) is 0.835. The van der Waals surface area contributed by atoms with Crippen LogP contribution in [0.2, 0.25) is 10.0 Å². The molecule has 6 nitrogen and oxygen atoms in total. The van der Waals surface area contributed by atoms with Crippen LogP contribution in [0.3, 0.4) is 0 Å². The minimum absolute atomic E-state index is 0.145. The second kappa shape index (κ2) is 7.60. The van der Waals surface area contributed by atoms with E-state index in [0.717, 1.165) is 0 Å². The predicted octanol–water partition coefficient (Wildman–Crippen LogP) is 1.61. The first kappa shape index (κ1) is 16.8. The molecule has 0 unspecified atom stereocenters. The third-order valence-corrected chi connectivity index (χ3v) is 3.55. The Morgan fingerprint density at radius 3 is 2.50 bits per heavy atom. The van der Waals surface area contributed by atoms with Crippen LogP contribution in [0, 0.1) is 0 Å². The van der Waals surface area contributed by atoms with Crippen LogP contribution in [0.5, 0.6) is 0 Å². The van der Waals surface area contributed by atoms with Crippen molar-refractivity contribution in [2.45, 2.75) is 0 Å². The third-order valence-electron chi connectivity index (χ3n) is 3.01. The maximum Gasteiger partial charge on any atom is 0.257 e. The maximum atomic E-state index is 12.3. The van der Waals surface area contributed by atoms with E-state index in [2.05, 4.69) is 5.10 Å². The van der Waals surface area contributed by atoms with Gasteiger partial charge < -0.3 is 15.1 Å². The van der Waals surface area contributed by atoms with E-state index in [4.69, 9.17) is 33.4 Å². The average Bonchev–Trinajstić information content (AvgIpc) is 2.96. The highest BCUT2D eigenvalue weighted by Crippen LogP contribution is 2.24. The smallest absolute Gasteiger partial charge is 0.257 e. The van der Waals surface area contributed by atoms with Crippen molar-refractivity contribution in [3.8, 4) is 5.69 Å². The minimum Gasteiger partial charge on any atom is -0.395 e. The first-order valence-corrected chi connectivity index (χ1v) is 7.33. The fourth-order valence-corrected chi connectivity index (χ4v) is 2.47. The van der Waals surface area contributed by atoms with Gasteiger partial charge in [0.25, 0.3) is 5.91 Å². The molecule has 2 rings (SSSR count). The Morgan fingerprint density at radius 2 is 1.91 bits per heavy atom. The second-order valence-electron chi connectivity index (χ2n) is 4.51. The Bertz CT molecular complexity index is 655. The lowest BCUT2D eigenvalue weighted by atomic mass is 10.3. The Hall–Kier alpha value is -1.60. The molecule has 0 aliphatic heterocycles. The molecule has 0 spiro atoms. The Balaban J connectivity index is 2.25. The van der Waals surface area contributed by atoms with Crippen molar-refractivity contribution in [2.24, 2.45) is 0 Å². The van der Waals surface area contributed by atoms with E-state index < -0.39 is 0 Å². The zero-order chi connectivity index (χ0) is 16.1. The summed E-state index contributed by atoms with van der Waals surface area (Å²) in [5.74, 6) is -0.320. The lowest BCUT2D eigenvalue weighted by molar-refractivity contribution is 0.0685. The molecule has 2 aromatic rings. The fourth-order valence-electron chi connectivity index (χ4n) is 1.97. The van der Waals surface area contributed by atoms with Crippen molar-refractivity contribution in [2.75, 3.05) is 26.3 Å². The Morgan fingerprint density at radius 1 is 1.23 bits per heavy atom. The molecule has 22 heavy (non-hydrogen) atoms. The van der Waals surface area contributed by atoms with Crippen LogP contribution in [0.1, 0.15) is 10.4 Å². The average molecular weight is 344 g/mol. The van der Waals surface area contributed by atoms with Crippen molar-refractivity contribution in [3.05, 3.63) is 46.2 Å². The van der Waals surface area contributed by atoms with Gasteiger partial charge in [0.05, 0.1) is 35.7 Å². The molecule has 0 aliphatic carbocycles. The number of hydrogen-bond donors (Lipinski definition) is 2. The molecule has 1 amide bonds. The summed E-state index contributed by atoms with van der Waals surface area (Å²) in [7, 11) is 0. The summed E-state index contributed by atoms with van der Waals surface area (Å²) in [5, 5.41) is 23.0. The van der Waals surface area contributed by atoms with Crippen LogP contribution in [0.25, 0.3) is 5.69 Å². The van der Waals surface area contributed by atoms with Gasteiger partial charge in [-0.05, 0) is 18.2 Å². The van der Waals surface area contributed by atoms with Crippen molar-refractivity contribution >= 4 is 29.1 Å². The standard InChI is InChI=1S/C14H15Cl2N3O3/c15-11-1-2-13(12(16)7-11)19-9-10(8-17-19)14(22)18(3-5-20)4-6-21/h1-2,7-9,20-21H,3-6H2. The molecule has 0 radical (unpaired) electrons. The number of aliphatic hydroxyl groups is 2. The lowest BCUT2D eigenvalue weighted by Gasteiger charge is -2.19. The van der Waals surface area contributed by atoms with E-state index in [1.807, 2.05) is 0 Å². The van der Waals surface area contributed by atoms with Crippen LogP contribution in [-0.2, 0) is 0 Å². The number of hydrogen-bond acceptors (Lipinski definition) is 4. The molecule has 0 aliphatic rings. The van der Waals surface area contributed by atoms with Gasteiger partial charge in [0.2, 0.25) is 0 Å². The second-order valence-corrected chi connectivity index (χ2v) is 5.35. The molecular formula is C14H15Cl2N3O3. The van der Waals surface area contributed by atoms with Crippen molar-refractivity contribution < 1.29 is 15.0 Å². The highest BCUT2D eigenvalue weighted by molar-refractivity contribution is 6.35. The van der Waals surface area contributed by atoms with Crippen molar-refractivity contribution in [3.63, 3.8) is 0 Å². The van der Waals surface area contributed by atoms with E-state index in [1.54, 1.807) is 24.4 Å². The SMILES string of the molecule is O=C(c1cnn(-c2ccc(Cl)cc2Cl)c1)N(CCO)CCO. The highest BCUT2D eigenvalue weighted by atomic mass is 35.5. The maximum absolute atomic E-state index is 12.3. The van der Waals surface area contributed by atoms with Gasteiger partial charge in [-0.2, -0.15) is 5.10 Å². The van der Waals surface area contributed by atoms with Gasteiger partial charge in [-0.25, -0.2) is 4.68 Å². The van der Waals surface area contributed by atoms with Gasteiger partial charge in [0, 0.05) is 24.3 Å². The Kier molecular flexibility index (Phi) is 5.79. The fraction of sp³-hybridized carbons (Fsp3) is 0.286. The third kappa shape index (κ3) is 3.78. The molecule has 1 aromatic heterocycles. The number of amides is 1. The van der Waals surface area contributed by atoms with Crippen LogP contribution in [-0.4, -0.2) is 57.1 Å². The van der Waals surface area contributed by atoms with E-state index in [-0.39, 0.29) is 32.2 Å². The molecule has 1 aromatic carbocycles. The molecule has 0 bridgehead atoms. The summed E-state index contributed by atoms with van der Waals surface area (Å²) in [6, 6.07) is 4.96. The van der Waals surface area contributed by atoms with Gasteiger partial charge >= 0.3 is 0 Å². The summed E-state index contributed by atoms with van der Waals surface area (Å²) >= 11 is 12.0. The predicted molar refractivity (Wildman–Crippen MR) is 83.7 cm³/mol. The molecule has 0 saturated heterocycles. The van der Waals surface area contributed by atoms with Crippen LogP contribution < -0.4 is 0 Å². The number of rotatable bonds is 6. The van der Waals surface area contributed by atoms with Crippen molar-refractivity contribution in [1.29, 1.82) is 0 Å². The highest BCUT2D eigenvalue weighted by Gasteiger charge is 2.17. The largest absolute Gasteiger partial charge is 0.395 e. The summed E-state index contributed by atoms with van der Waals surface area (Å²) in [5.41, 5.74) is 0.939. The van der Waals surface area contributed by atoms with Crippen LogP contribution >= 0.6 is 23.2 Å². The van der Waals surface area contributed by atoms with Gasteiger partial charge in [-0.15, -0.1) is 0 Å². The van der Waals surface area contributed by atoms with Gasteiger partial charge in [-0.3, -0.25) is 4.79 Å². The zero-order valence-electron chi connectivity index (χ0n) is 11.6. The topological polar surface area (TPSA) is 78.6 Å². The van der Waals surface area contributed by atoms with E-state index in [1.165, 1.54) is 15.8 Å². The molecular weight excluding hydrogens is 329 g/mol. The molecule has 0 atom stereocenters. The number of benzene rings is 1. The Labute approximate surface area is 137 Å². The number of halogens is 2.